The molecule has 1 amide bonds. The maximum Gasteiger partial charge on any atom is 0.256 e. The molecule has 2 aromatic rings. The van der Waals surface area contributed by atoms with Crippen molar-refractivity contribution in [3.63, 3.8) is 0 Å². The smallest absolute Gasteiger partial charge is 0.256 e. The number of hydrogen-bond acceptors (Lipinski definition) is 5. The second-order valence-corrected chi connectivity index (χ2v) is 11.8. The van der Waals surface area contributed by atoms with Crippen molar-refractivity contribution in [2.75, 3.05) is 42.1 Å². The predicted octanol–water partition coefficient (Wildman–Crippen LogP) is 5.22. The van der Waals surface area contributed by atoms with Gasteiger partial charge >= 0.3 is 0 Å². The van der Waals surface area contributed by atoms with Gasteiger partial charge < -0.3 is 10.2 Å². The van der Waals surface area contributed by atoms with Gasteiger partial charge in [0.2, 0.25) is 10.0 Å². The summed E-state index contributed by atoms with van der Waals surface area (Å²) in [5, 5.41) is 3.06. The number of nitrogens with zero attached hydrogens (tertiary/aromatic N) is 2. The van der Waals surface area contributed by atoms with Crippen LogP contribution in [0.25, 0.3) is 0 Å². The summed E-state index contributed by atoms with van der Waals surface area (Å²) in [6.07, 6.45) is 6.23. The molecule has 0 radical (unpaired) electrons. The second kappa shape index (κ2) is 10.9. The number of piperidine rings is 2. The average molecular weight is 488 g/mol. The summed E-state index contributed by atoms with van der Waals surface area (Å²) < 4.78 is 28.2. The molecule has 6 nitrogen and oxygen atoms in total. The SMILES string of the molecule is CCSc1ccccc1C(=O)Nc1cc(S(=O)(=O)N2CCCCC2)ccc1N1CCCCC1. The number of anilines is 2. The molecule has 178 valence electrons. The van der Waals surface area contributed by atoms with E-state index in [0.717, 1.165) is 61.5 Å². The van der Waals surface area contributed by atoms with E-state index in [9.17, 15) is 13.2 Å². The summed E-state index contributed by atoms with van der Waals surface area (Å²) in [5.74, 6) is 0.657. The lowest BCUT2D eigenvalue weighted by atomic mass is 10.1. The van der Waals surface area contributed by atoms with Crippen LogP contribution in [0.2, 0.25) is 0 Å². The minimum absolute atomic E-state index is 0.211. The Hall–Kier alpha value is -2.03. The van der Waals surface area contributed by atoms with Crippen LogP contribution in [-0.2, 0) is 10.0 Å². The molecule has 1 N–H and O–H groups in total. The largest absolute Gasteiger partial charge is 0.370 e. The Bertz CT molecular complexity index is 1080. The molecule has 0 atom stereocenters. The van der Waals surface area contributed by atoms with E-state index in [1.165, 1.54) is 6.42 Å². The number of nitrogens with one attached hydrogen (secondary N) is 1. The number of rotatable bonds is 7. The van der Waals surface area contributed by atoms with E-state index in [1.54, 1.807) is 28.2 Å². The maximum absolute atomic E-state index is 13.3. The Morgan fingerprint density at radius 3 is 2.30 bits per heavy atom. The first-order valence-corrected chi connectivity index (χ1v) is 14.4. The van der Waals surface area contributed by atoms with Crippen molar-refractivity contribution < 1.29 is 13.2 Å². The monoisotopic (exact) mass is 487 g/mol. The highest BCUT2D eigenvalue weighted by molar-refractivity contribution is 7.99. The van der Waals surface area contributed by atoms with Gasteiger partial charge in [0.1, 0.15) is 0 Å². The van der Waals surface area contributed by atoms with E-state index in [4.69, 9.17) is 0 Å². The lowest BCUT2D eigenvalue weighted by molar-refractivity contribution is 0.102. The van der Waals surface area contributed by atoms with E-state index in [0.29, 0.717) is 24.3 Å². The van der Waals surface area contributed by atoms with Crippen molar-refractivity contribution in [3.05, 3.63) is 48.0 Å². The molecule has 0 aromatic heterocycles. The van der Waals surface area contributed by atoms with Crippen LogP contribution in [0.5, 0.6) is 0 Å². The van der Waals surface area contributed by atoms with Crippen LogP contribution in [0.15, 0.2) is 52.3 Å². The van der Waals surface area contributed by atoms with E-state index < -0.39 is 10.0 Å². The first kappa shape index (κ1) is 24.1. The van der Waals surface area contributed by atoms with E-state index in [2.05, 4.69) is 17.1 Å². The molecule has 8 heteroatoms. The number of sulfonamides is 1. The molecular weight excluding hydrogens is 454 g/mol. The third-order valence-corrected chi connectivity index (χ3v) is 9.15. The van der Waals surface area contributed by atoms with Gasteiger partial charge in [0.05, 0.1) is 21.8 Å². The molecule has 0 saturated carbocycles. The standard InChI is InChI=1S/C25H33N3O3S2/c1-2-32-24-12-6-5-11-21(24)25(29)26-22-19-20(33(30,31)28-17-9-4-10-18-28)13-14-23(22)27-15-7-3-8-16-27/h5-6,11-14,19H,2-4,7-10,15-18H2,1H3,(H,26,29). The number of thioether (sulfide) groups is 1. The molecule has 4 rings (SSSR count). The topological polar surface area (TPSA) is 69.7 Å². The van der Waals surface area contributed by atoms with Gasteiger partial charge in [0.15, 0.2) is 0 Å². The summed E-state index contributed by atoms with van der Waals surface area (Å²) in [5.41, 5.74) is 2.07. The molecule has 2 aliphatic heterocycles. The Morgan fingerprint density at radius 2 is 1.61 bits per heavy atom. The molecule has 0 aliphatic carbocycles. The van der Waals surface area contributed by atoms with Crippen LogP contribution in [0, 0.1) is 0 Å². The molecule has 0 spiro atoms. The number of benzene rings is 2. The van der Waals surface area contributed by atoms with Crippen molar-refractivity contribution in [1.82, 2.24) is 4.31 Å². The molecule has 2 aromatic carbocycles. The third kappa shape index (κ3) is 5.55. The van der Waals surface area contributed by atoms with Gasteiger partial charge in [-0.25, -0.2) is 8.42 Å². The van der Waals surface area contributed by atoms with Gasteiger partial charge in [-0.3, -0.25) is 4.79 Å². The highest BCUT2D eigenvalue weighted by atomic mass is 32.2. The quantitative estimate of drug-likeness (QED) is 0.543. The van der Waals surface area contributed by atoms with Crippen LogP contribution >= 0.6 is 11.8 Å². The summed E-state index contributed by atoms with van der Waals surface area (Å²) in [4.78, 5) is 16.7. The summed E-state index contributed by atoms with van der Waals surface area (Å²) in [6, 6.07) is 12.8. The number of hydrogen-bond donors (Lipinski definition) is 1. The minimum Gasteiger partial charge on any atom is -0.370 e. The zero-order chi connectivity index (χ0) is 23.3. The van der Waals surface area contributed by atoms with Crippen molar-refractivity contribution >= 4 is 39.1 Å². The number of amides is 1. The normalized spacial score (nSPS) is 17.7. The third-order valence-electron chi connectivity index (χ3n) is 6.30. The number of carbonyl (C=O) groups excluding carboxylic acids is 1. The summed E-state index contributed by atoms with van der Waals surface area (Å²) in [6.45, 7) is 4.98. The molecule has 2 heterocycles. The zero-order valence-electron chi connectivity index (χ0n) is 19.3. The van der Waals surface area contributed by atoms with Gasteiger partial charge in [-0.2, -0.15) is 4.31 Å². The second-order valence-electron chi connectivity index (χ2n) is 8.57. The first-order chi connectivity index (χ1) is 16.0. The lowest BCUT2D eigenvalue weighted by Crippen LogP contribution is -2.36. The van der Waals surface area contributed by atoms with E-state index in [-0.39, 0.29) is 10.8 Å². The predicted molar refractivity (Wildman–Crippen MR) is 136 cm³/mol. The van der Waals surface area contributed by atoms with Gasteiger partial charge in [0, 0.05) is 31.1 Å². The molecule has 2 aliphatic rings. The lowest BCUT2D eigenvalue weighted by Gasteiger charge is -2.31. The van der Waals surface area contributed by atoms with E-state index in [1.807, 2.05) is 30.3 Å². The maximum atomic E-state index is 13.3. The van der Waals surface area contributed by atoms with Crippen molar-refractivity contribution in [2.45, 2.75) is 55.2 Å². The Morgan fingerprint density at radius 1 is 0.939 bits per heavy atom. The highest BCUT2D eigenvalue weighted by Gasteiger charge is 2.28. The van der Waals surface area contributed by atoms with Crippen LogP contribution in [0.4, 0.5) is 11.4 Å². The van der Waals surface area contributed by atoms with Crippen molar-refractivity contribution in [3.8, 4) is 0 Å². The minimum atomic E-state index is -3.59. The molecule has 2 fully saturated rings. The van der Waals surface area contributed by atoms with Crippen molar-refractivity contribution in [1.29, 1.82) is 0 Å². The fraction of sp³-hybridized carbons (Fsp3) is 0.480. The van der Waals surface area contributed by atoms with Crippen LogP contribution < -0.4 is 10.2 Å². The van der Waals surface area contributed by atoms with Crippen LogP contribution in [0.1, 0.15) is 55.8 Å². The van der Waals surface area contributed by atoms with Gasteiger partial charge in [-0.1, -0.05) is 25.5 Å². The Balaban J connectivity index is 1.69. The molecule has 2 saturated heterocycles. The first-order valence-electron chi connectivity index (χ1n) is 11.9. The van der Waals surface area contributed by atoms with Gasteiger partial charge in [-0.15, -0.1) is 11.8 Å². The molecule has 33 heavy (non-hydrogen) atoms. The zero-order valence-corrected chi connectivity index (χ0v) is 20.9. The van der Waals surface area contributed by atoms with Crippen LogP contribution in [0.3, 0.4) is 0 Å². The Labute approximate surface area is 201 Å². The average Bonchev–Trinajstić information content (AvgIpc) is 2.85. The van der Waals surface area contributed by atoms with Gasteiger partial charge in [0.25, 0.3) is 5.91 Å². The fourth-order valence-corrected chi connectivity index (χ4v) is 6.91. The van der Waals surface area contributed by atoms with Crippen molar-refractivity contribution in [2.24, 2.45) is 0 Å². The highest BCUT2D eigenvalue weighted by Crippen LogP contribution is 2.33. The fourth-order valence-electron chi connectivity index (χ4n) is 4.57. The van der Waals surface area contributed by atoms with Crippen LogP contribution in [-0.4, -0.2) is 50.6 Å². The molecule has 0 unspecified atom stereocenters. The Kier molecular flexibility index (Phi) is 7.98. The van der Waals surface area contributed by atoms with E-state index >= 15 is 0 Å². The van der Waals surface area contributed by atoms with Gasteiger partial charge in [-0.05, 0) is 68.2 Å². The number of carbonyl (C=O) groups is 1. The summed E-state index contributed by atoms with van der Waals surface area (Å²) in [7, 11) is -3.59. The molecule has 0 bridgehead atoms. The summed E-state index contributed by atoms with van der Waals surface area (Å²) >= 11 is 1.63. The molecular formula is C25H33N3O3S2.